The Morgan fingerprint density at radius 1 is 1.38 bits per heavy atom. The Labute approximate surface area is 85.8 Å². The van der Waals surface area contributed by atoms with Gasteiger partial charge in [-0.25, -0.2) is 0 Å². The fraction of sp³-hybridized carbons (Fsp3) is 0.889. The summed E-state index contributed by atoms with van der Waals surface area (Å²) in [6.07, 6.45) is 3.22. The van der Waals surface area contributed by atoms with Crippen LogP contribution in [0.5, 0.6) is 0 Å². The molecule has 0 saturated heterocycles. The molecular formula is C9H21N3S. The number of hydrogen-bond donors (Lipinski definition) is 1. The summed E-state index contributed by atoms with van der Waals surface area (Å²) in [7, 11) is 0. The minimum Gasteiger partial charge on any atom is -0.370 e. The van der Waals surface area contributed by atoms with Gasteiger partial charge in [-0.3, -0.25) is 4.99 Å². The van der Waals surface area contributed by atoms with Crippen molar-refractivity contribution < 1.29 is 0 Å². The normalized spacial score (nSPS) is 11.8. The van der Waals surface area contributed by atoms with Crippen molar-refractivity contribution in [1.82, 2.24) is 4.90 Å². The van der Waals surface area contributed by atoms with Gasteiger partial charge < -0.3 is 10.6 Å². The average Bonchev–Trinajstić information content (AvgIpc) is 2.14. The number of rotatable bonds is 6. The second kappa shape index (κ2) is 8.23. The number of aliphatic imine (C=N–C) groups is 1. The van der Waals surface area contributed by atoms with Crippen molar-refractivity contribution in [2.45, 2.75) is 20.3 Å². The molecule has 13 heavy (non-hydrogen) atoms. The number of nitrogens with zero attached hydrogens (tertiary/aromatic N) is 2. The molecule has 78 valence electrons. The lowest BCUT2D eigenvalue weighted by molar-refractivity contribution is 0.458. The monoisotopic (exact) mass is 203 g/mol. The Morgan fingerprint density at radius 3 is 2.46 bits per heavy atom. The lowest BCUT2D eigenvalue weighted by Crippen LogP contribution is -2.37. The van der Waals surface area contributed by atoms with Crippen LogP contribution in [0.25, 0.3) is 0 Å². The molecule has 4 heteroatoms. The molecule has 0 unspecified atom stereocenters. The van der Waals surface area contributed by atoms with Crippen molar-refractivity contribution >= 4 is 17.7 Å². The maximum absolute atomic E-state index is 5.79. The topological polar surface area (TPSA) is 41.6 Å². The Balaban J connectivity index is 3.71. The first-order valence-corrected chi connectivity index (χ1v) is 6.19. The van der Waals surface area contributed by atoms with E-state index in [2.05, 4.69) is 30.0 Å². The van der Waals surface area contributed by atoms with Crippen LogP contribution in [-0.2, 0) is 0 Å². The third kappa shape index (κ3) is 5.80. The van der Waals surface area contributed by atoms with E-state index in [1.807, 2.05) is 11.8 Å². The van der Waals surface area contributed by atoms with Crippen molar-refractivity contribution in [2.75, 3.05) is 31.6 Å². The first-order chi connectivity index (χ1) is 6.26. The van der Waals surface area contributed by atoms with Gasteiger partial charge in [0.05, 0.1) is 0 Å². The Morgan fingerprint density at radius 2 is 2.00 bits per heavy atom. The summed E-state index contributed by atoms with van der Waals surface area (Å²) >= 11 is 1.85. The summed E-state index contributed by atoms with van der Waals surface area (Å²) < 4.78 is 0. The van der Waals surface area contributed by atoms with Crippen molar-refractivity contribution in [1.29, 1.82) is 0 Å². The van der Waals surface area contributed by atoms with Crippen LogP contribution < -0.4 is 5.73 Å². The summed E-state index contributed by atoms with van der Waals surface area (Å²) in [6.45, 7) is 6.91. The van der Waals surface area contributed by atoms with Crippen LogP contribution in [0, 0.1) is 0 Å². The van der Waals surface area contributed by atoms with Crippen LogP contribution in [0.4, 0.5) is 0 Å². The number of nitrogens with two attached hydrogens (primary N) is 1. The zero-order chi connectivity index (χ0) is 10.1. The van der Waals surface area contributed by atoms with E-state index >= 15 is 0 Å². The zero-order valence-electron chi connectivity index (χ0n) is 8.92. The van der Waals surface area contributed by atoms with E-state index in [9.17, 15) is 0 Å². The highest BCUT2D eigenvalue weighted by Gasteiger charge is 2.00. The standard InChI is InChI=1S/C9H21N3S/c1-4-12(5-2)9(10)11-7-6-8-13-3/h4-8H2,1-3H3,(H2,10,11). The molecule has 0 fully saturated rings. The summed E-state index contributed by atoms with van der Waals surface area (Å²) in [5.74, 6) is 1.85. The number of guanidine groups is 1. The third-order valence-corrected chi connectivity index (χ3v) is 2.56. The van der Waals surface area contributed by atoms with Crippen LogP contribution in [0.3, 0.4) is 0 Å². The van der Waals surface area contributed by atoms with Crippen LogP contribution in [0.1, 0.15) is 20.3 Å². The fourth-order valence-electron chi connectivity index (χ4n) is 1.05. The van der Waals surface area contributed by atoms with Gasteiger partial charge in [-0.1, -0.05) is 0 Å². The van der Waals surface area contributed by atoms with E-state index in [4.69, 9.17) is 5.73 Å². The molecule has 0 spiro atoms. The Kier molecular flexibility index (Phi) is 7.99. The Bertz CT molecular complexity index is 144. The van der Waals surface area contributed by atoms with Gasteiger partial charge >= 0.3 is 0 Å². The molecule has 0 atom stereocenters. The summed E-state index contributed by atoms with van der Waals surface area (Å²) in [5, 5.41) is 0. The van der Waals surface area contributed by atoms with Gasteiger partial charge in [0.2, 0.25) is 0 Å². The molecule has 0 aromatic heterocycles. The Hall–Kier alpha value is -0.380. The maximum atomic E-state index is 5.79. The lowest BCUT2D eigenvalue weighted by atomic mass is 10.5. The van der Waals surface area contributed by atoms with E-state index in [1.54, 1.807) is 0 Å². The summed E-state index contributed by atoms with van der Waals surface area (Å²) in [5.41, 5.74) is 5.79. The molecule has 0 heterocycles. The fourth-order valence-corrected chi connectivity index (χ4v) is 1.47. The van der Waals surface area contributed by atoms with Gasteiger partial charge in [0.15, 0.2) is 5.96 Å². The van der Waals surface area contributed by atoms with Crippen LogP contribution in [0.15, 0.2) is 4.99 Å². The van der Waals surface area contributed by atoms with Crippen molar-refractivity contribution in [3.8, 4) is 0 Å². The molecule has 3 nitrogen and oxygen atoms in total. The molecule has 0 saturated carbocycles. The minimum absolute atomic E-state index is 0.686. The predicted molar refractivity (Wildman–Crippen MR) is 62.4 cm³/mol. The van der Waals surface area contributed by atoms with Gasteiger partial charge in [-0.15, -0.1) is 0 Å². The molecule has 0 aliphatic carbocycles. The van der Waals surface area contributed by atoms with Gasteiger partial charge in [0, 0.05) is 19.6 Å². The smallest absolute Gasteiger partial charge is 0.191 e. The highest BCUT2D eigenvalue weighted by molar-refractivity contribution is 7.98. The predicted octanol–water partition coefficient (Wildman–Crippen LogP) is 1.40. The van der Waals surface area contributed by atoms with Gasteiger partial charge in [0.1, 0.15) is 0 Å². The zero-order valence-corrected chi connectivity index (χ0v) is 9.73. The quantitative estimate of drug-likeness (QED) is 0.403. The molecule has 0 bridgehead atoms. The van der Waals surface area contributed by atoms with Gasteiger partial charge in [0.25, 0.3) is 0 Å². The molecule has 0 radical (unpaired) electrons. The van der Waals surface area contributed by atoms with Gasteiger partial charge in [-0.05, 0) is 32.3 Å². The molecular weight excluding hydrogens is 182 g/mol. The summed E-state index contributed by atoms with van der Waals surface area (Å²) in [6, 6.07) is 0. The summed E-state index contributed by atoms with van der Waals surface area (Å²) in [4.78, 5) is 6.38. The van der Waals surface area contributed by atoms with Crippen LogP contribution in [-0.4, -0.2) is 42.5 Å². The van der Waals surface area contributed by atoms with E-state index in [0.29, 0.717) is 5.96 Å². The molecule has 0 amide bonds. The number of thioether (sulfide) groups is 1. The molecule has 0 rings (SSSR count). The third-order valence-electron chi connectivity index (χ3n) is 1.87. The van der Waals surface area contributed by atoms with Crippen LogP contribution >= 0.6 is 11.8 Å². The molecule has 0 aromatic carbocycles. The molecule has 0 aliphatic rings. The van der Waals surface area contributed by atoms with Crippen molar-refractivity contribution in [3.05, 3.63) is 0 Å². The van der Waals surface area contributed by atoms with E-state index in [0.717, 1.165) is 31.8 Å². The van der Waals surface area contributed by atoms with Crippen molar-refractivity contribution in [2.24, 2.45) is 10.7 Å². The first kappa shape index (κ1) is 12.6. The van der Waals surface area contributed by atoms with E-state index in [-0.39, 0.29) is 0 Å². The largest absolute Gasteiger partial charge is 0.370 e. The first-order valence-electron chi connectivity index (χ1n) is 4.80. The number of hydrogen-bond acceptors (Lipinski definition) is 2. The highest BCUT2D eigenvalue weighted by Crippen LogP contribution is 1.95. The maximum Gasteiger partial charge on any atom is 0.191 e. The van der Waals surface area contributed by atoms with E-state index < -0.39 is 0 Å². The molecule has 0 aromatic rings. The van der Waals surface area contributed by atoms with Crippen LogP contribution in [0.2, 0.25) is 0 Å². The molecule has 2 N–H and O–H groups in total. The highest BCUT2D eigenvalue weighted by atomic mass is 32.2. The second-order valence-corrected chi connectivity index (χ2v) is 3.74. The van der Waals surface area contributed by atoms with Crippen molar-refractivity contribution in [3.63, 3.8) is 0 Å². The lowest BCUT2D eigenvalue weighted by Gasteiger charge is -2.19. The SMILES string of the molecule is CCN(CC)C(N)=NCCCSC. The minimum atomic E-state index is 0.686. The average molecular weight is 203 g/mol. The second-order valence-electron chi connectivity index (χ2n) is 2.76. The van der Waals surface area contributed by atoms with E-state index in [1.165, 1.54) is 0 Å². The van der Waals surface area contributed by atoms with Gasteiger partial charge in [-0.2, -0.15) is 11.8 Å². The molecule has 0 aliphatic heterocycles.